The van der Waals surface area contributed by atoms with Crippen molar-refractivity contribution in [3.63, 3.8) is 0 Å². The van der Waals surface area contributed by atoms with Gasteiger partial charge in [-0.2, -0.15) is 5.10 Å². The number of nitrogens with one attached hydrogen (secondary N) is 2. The van der Waals surface area contributed by atoms with E-state index in [1.54, 1.807) is 0 Å². The molecule has 0 amide bonds. The largest absolute Gasteiger partial charge is 0.300 e. The SMILES string of the molecule is Cc1ccc(C)c(C(NCc2cc(C)[nH]n2)c2ccccc2Cl)c1. The van der Waals surface area contributed by atoms with Crippen molar-refractivity contribution < 1.29 is 0 Å². The summed E-state index contributed by atoms with van der Waals surface area (Å²) in [5, 5.41) is 11.7. The molecule has 3 aromatic rings. The molecule has 2 N–H and O–H groups in total. The van der Waals surface area contributed by atoms with E-state index >= 15 is 0 Å². The van der Waals surface area contributed by atoms with E-state index in [1.807, 2.05) is 25.1 Å². The van der Waals surface area contributed by atoms with Gasteiger partial charge in [-0.3, -0.25) is 5.10 Å². The molecule has 124 valence electrons. The molecule has 1 atom stereocenters. The van der Waals surface area contributed by atoms with Gasteiger partial charge in [-0.1, -0.05) is 53.6 Å². The van der Waals surface area contributed by atoms with E-state index in [0.717, 1.165) is 22.0 Å². The van der Waals surface area contributed by atoms with Gasteiger partial charge in [0.15, 0.2) is 0 Å². The summed E-state index contributed by atoms with van der Waals surface area (Å²) in [5.41, 5.74) is 6.87. The van der Waals surface area contributed by atoms with E-state index in [1.165, 1.54) is 16.7 Å². The number of benzene rings is 2. The number of aromatic amines is 1. The fourth-order valence-corrected chi connectivity index (χ4v) is 3.18. The van der Waals surface area contributed by atoms with Gasteiger partial charge < -0.3 is 5.32 Å². The molecule has 2 aromatic carbocycles. The second-order valence-electron chi connectivity index (χ2n) is 6.24. The molecule has 0 aliphatic rings. The van der Waals surface area contributed by atoms with Crippen LogP contribution in [0.3, 0.4) is 0 Å². The van der Waals surface area contributed by atoms with Gasteiger partial charge in [0.1, 0.15) is 0 Å². The topological polar surface area (TPSA) is 40.7 Å². The van der Waals surface area contributed by atoms with Crippen molar-refractivity contribution in [1.29, 1.82) is 0 Å². The number of aryl methyl sites for hydroxylation is 3. The number of rotatable bonds is 5. The molecule has 24 heavy (non-hydrogen) atoms. The Hall–Kier alpha value is -2.10. The normalized spacial score (nSPS) is 12.3. The van der Waals surface area contributed by atoms with Crippen LogP contribution in [-0.4, -0.2) is 10.2 Å². The molecule has 1 heterocycles. The van der Waals surface area contributed by atoms with E-state index in [0.29, 0.717) is 6.54 Å². The lowest BCUT2D eigenvalue weighted by molar-refractivity contribution is 0.593. The monoisotopic (exact) mass is 339 g/mol. The highest BCUT2D eigenvalue weighted by atomic mass is 35.5. The highest BCUT2D eigenvalue weighted by Gasteiger charge is 2.19. The van der Waals surface area contributed by atoms with Gasteiger partial charge in [0.05, 0.1) is 11.7 Å². The highest BCUT2D eigenvalue weighted by Crippen LogP contribution is 2.31. The maximum absolute atomic E-state index is 6.49. The zero-order valence-corrected chi connectivity index (χ0v) is 15.0. The molecule has 0 aliphatic heterocycles. The van der Waals surface area contributed by atoms with Crippen LogP contribution in [0.4, 0.5) is 0 Å². The van der Waals surface area contributed by atoms with Gasteiger partial charge in [0, 0.05) is 17.3 Å². The minimum Gasteiger partial charge on any atom is -0.300 e. The van der Waals surface area contributed by atoms with Crippen LogP contribution < -0.4 is 5.32 Å². The molecule has 0 radical (unpaired) electrons. The Bertz CT molecular complexity index is 838. The van der Waals surface area contributed by atoms with Gasteiger partial charge in [0.25, 0.3) is 0 Å². The van der Waals surface area contributed by atoms with Gasteiger partial charge in [-0.15, -0.1) is 0 Å². The summed E-state index contributed by atoms with van der Waals surface area (Å²) in [4.78, 5) is 0. The van der Waals surface area contributed by atoms with Crippen molar-refractivity contribution in [3.8, 4) is 0 Å². The van der Waals surface area contributed by atoms with Crippen LogP contribution in [0.25, 0.3) is 0 Å². The third-order valence-electron chi connectivity index (χ3n) is 4.21. The zero-order chi connectivity index (χ0) is 17.1. The van der Waals surface area contributed by atoms with Crippen molar-refractivity contribution >= 4 is 11.6 Å². The van der Waals surface area contributed by atoms with E-state index < -0.39 is 0 Å². The predicted molar refractivity (Wildman–Crippen MR) is 99.4 cm³/mol. The summed E-state index contributed by atoms with van der Waals surface area (Å²) in [6, 6.07) is 16.6. The van der Waals surface area contributed by atoms with Gasteiger partial charge in [-0.25, -0.2) is 0 Å². The fourth-order valence-electron chi connectivity index (χ4n) is 2.94. The minimum atomic E-state index is 0.0237. The van der Waals surface area contributed by atoms with E-state index in [2.05, 4.69) is 59.7 Å². The zero-order valence-electron chi connectivity index (χ0n) is 14.2. The predicted octanol–water partition coefficient (Wildman–Crippen LogP) is 4.87. The number of halogens is 1. The molecule has 0 fully saturated rings. The smallest absolute Gasteiger partial charge is 0.0763 e. The van der Waals surface area contributed by atoms with Crippen molar-refractivity contribution in [3.05, 3.63) is 87.2 Å². The molecule has 0 spiro atoms. The lowest BCUT2D eigenvalue weighted by atomic mass is 9.93. The Morgan fingerprint density at radius 2 is 1.83 bits per heavy atom. The Balaban J connectivity index is 1.97. The lowest BCUT2D eigenvalue weighted by Crippen LogP contribution is -2.23. The number of H-pyrrole nitrogens is 1. The first-order chi connectivity index (χ1) is 11.5. The van der Waals surface area contributed by atoms with Crippen LogP contribution in [0.5, 0.6) is 0 Å². The summed E-state index contributed by atoms with van der Waals surface area (Å²) in [6.07, 6.45) is 0. The number of aromatic nitrogens is 2. The Kier molecular flexibility index (Phi) is 5.03. The summed E-state index contributed by atoms with van der Waals surface area (Å²) >= 11 is 6.49. The van der Waals surface area contributed by atoms with Crippen molar-refractivity contribution in [2.24, 2.45) is 0 Å². The maximum Gasteiger partial charge on any atom is 0.0763 e. The van der Waals surface area contributed by atoms with Crippen LogP contribution in [0.2, 0.25) is 5.02 Å². The third-order valence-corrected chi connectivity index (χ3v) is 4.55. The van der Waals surface area contributed by atoms with Gasteiger partial charge in [-0.05, 0) is 49.6 Å². The first-order valence-corrected chi connectivity index (χ1v) is 8.48. The molecular formula is C20H22ClN3. The van der Waals surface area contributed by atoms with Crippen molar-refractivity contribution in [2.75, 3.05) is 0 Å². The second-order valence-corrected chi connectivity index (χ2v) is 6.64. The molecular weight excluding hydrogens is 318 g/mol. The molecule has 0 saturated carbocycles. The summed E-state index contributed by atoms with van der Waals surface area (Å²) < 4.78 is 0. The average Bonchev–Trinajstić information content (AvgIpc) is 2.98. The first kappa shape index (κ1) is 16.7. The average molecular weight is 340 g/mol. The van der Waals surface area contributed by atoms with Gasteiger partial charge >= 0.3 is 0 Å². The molecule has 3 nitrogen and oxygen atoms in total. The number of hydrogen-bond donors (Lipinski definition) is 2. The lowest BCUT2D eigenvalue weighted by Gasteiger charge is -2.23. The Morgan fingerprint density at radius 3 is 2.54 bits per heavy atom. The molecule has 3 rings (SSSR count). The van der Waals surface area contributed by atoms with Crippen LogP contribution in [0.1, 0.15) is 39.7 Å². The van der Waals surface area contributed by atoms with E-state index in [-0.39, 0.29) is 6.04 Å². The van der Waals surface area contributed by atoms with Crippen LogP contribution in [0, 0.1) is 20.8 Å². The van der Waals surface area contributed by atoms with E-state index in [4.69, 9.17) is 11.6 Å². The Labute approximate surface area is 148 Å². The molecule has 1 aromatic heterocycles. The number of nitrogens with zero attached hydrogens (tertiary/aromatic N) is 1. The van der Waals surface area contributed by atoms with Crippen molar-refractivity contribution in [1.82, 2.24) is 15.5 Å². The second kappa shape index (κ2) is 7.20. The van der Waals surface area contributed by atoms with Crippen LogP contribution in [0.15, 0.2) is 48.5 Å². The summed E-state index contributed by atoms with van der Waals surface area (Å²) in [6.45, 7) is 6.93. The fraction of sp³-hybridized carbons (Fsp3) is 0.250. The summed E-state index contributed by atoms with van der Waals surface area (Å²) in [7, 11) is 0. The maximum atomic E-state index is 6.49. The summed E-state index contributed by atoms with van der Waals surface area (Å²) in [5.74, 6) is 0. The molecule has 0 bridgehead atoms. The third kappa shape index (κ3) is 3.69. The molecule has 1 unspecified atom stereocenters. The minimum absolute atomic E-state index is 0.0237. The standard InChI is InChI=1S/C20H22ClN3/c1-13-8-9-14(2)18(10-13)20(17-6-4-5-7-19(17)21)22-12-16-11-15(3)23-24-16/h4-11,20,22H,12H2,1-3H3,(H,23,24). The Morgan fingerprint density at radius 1 is 1.04 bits per heavy atom. The molecule has 0 saturated heterocycles. The van der Waals surface area contributed by atoms with Gasteiger partial charge in [0.2, 0.25) is 0 Å². The van der Waals surface area contributed by atoms with Crippen LogP contribution in [-0.2, 0) is 6.54 Å². The first-order valence-electron chi connectivity index (χ1n) is 8.10. The molecule has 0 aliphatic carbocycles. The quantitative estimate of drug-likeness (QED) is 0.696. The highest BCUT2D eigenvalue weighted by molar-refractivity contribution is 6.31. The van der Waals surface area contributed by atoms with Crippen LogP contribution >= 0.6 is 11.6 Å². The van der Waals surface area contributed by atoms with E-state index in [9.17, 15) is 0 Å². The molecule has 4 heteroatoms. The van der Waals surface area contributed by atoms with Crippen molar-refractivity contribution in [2.45, 2.75) is 33.4 Å². The number of hydrogen-bond acceptors (Lipinski definition) is 2.